The van der Waals surface area contributed by atoms with Gasteiger partial charge in [-0.2, -0.15) is 0 Å². The summed E-state index contributed by atoms with van der Waals surface area (Å²) in [6, 6.07) is 11.0. The van der Waals surface area contributed by atoms with Gasteiger partial charge in [0.15, 0.2) is 0 Å². The lowest BCUT2D eigenvalue weighted by atomic mass is 10.0. The molecule has 1 atom stereocenters. The van der Waals surface area contributed by atoms with Gasteiger partial charge < -0.3 is 9.80 Å². The maximum Gasteiger partial charge on any atom is 0.105 e. The third-order valence-electron chi connectivity index (χ3n) is 7.26. The second-order valence-electron chi connectivity index (χ2n) is 10.2. The highest BCUT2D eigenvalue weighted by Crippen LogP contribution is 2.28. The fraction of sp³-hybridized carbons (Fsp3) is 0.742. The lowest BCUT2D eigenvalue weighted by Gasteiger charge is -2.33. The van der Waals surface area contributed by atoms with E-state index in [-0.39, 0.29) is 0 Å². The summed E-state index contributed by atoms with van der Waals surface area (Å²) in [6.45, 7) is 5.81. The molecule has 2 heteroatoms. The van der Waals surface area contributed by atoms with E-state index >= 15 is 0 Å². The zero-order valence-corrected chi connectivity index (χ0v) is 22.2. The fourth-order valence-electron chi connectivity index (χ4n) is 5.15. The van der Waals surface area contributed by atoms with Gasteiger partial charge in [-0.15, -0.1) is 0 Å². The van der Waals surface area contributed by atoms with Gasteiger partial charge in [-0.05, 0) is 31.4 Å². The van der Waals surface area contributed by atoms with E-state index in [2.05, 4.69) is 66.4 Å². The maximum absolute atomic E-state index is 2.62. The minimum absolute atomic E-state index is 0.506. The minimum Gasteiger partial charge on any atom is -0.356 e. The monoisotopic (exact) mass is 454 g/mol. The zero-order valence-electron chi connectivity index (χ0n) is 22.2. The molecule has 0 spiro atoms. The lowest BCUT2D eigenvalue weighted by Crippen LogP contribution is -2.39. The number of rotatable bonds is 21. The Hall–Kier alpha value is -1.44. The third-order valence-corrected chi connectivity index (χ3v) is 7.26. The second-order valence-corrected chi connectivity index (χ2v) is 10.2. The number of unbranched alkanes of at least 4 members (excludes halogenated alkanes) is 16. The van der Waals surface area contributed by atoms with Crippen LogP contribution < -0.4 is 4.90 Å². The van der Waals surface area contributed by atoms with Crippen molar-refractivity contribution in [2.75, 3.05) is 11.4 Å². The molecular weight excluding hydrogens is 400 g/mol. The van der Waals surface area contributed by atoms with Crippen LogP contribution in [0, 0.1) is 0 Å². The Labute approximate surface area is 206 Å². The highest BCUT2D eigenvalue weighted by Gasteiger charge is 2.26. The summed E-state index contributed by atoms with van der Waals surface area (Å²) in [6.07, 6.45) is 31.7. The minimum atomic E-state index is 0.506. The SMILES string of the molecule is CCCCCCCCCCCCC1N(CCCCCCCCCC)C=CN1c1ccccc1. The average molecular weight is 455 g/mol. The van der Waals surface area contributed by atoms with Crippen molar-refractivity contribution >= 4 is 5.69 Å². The van der Waals surface area contributed by atoms with Crippen LogP contribution in [0.3, 0.4) is 0 Å². The summed E-state index contributed by atoms with van der Waals surface area (Å²) in [5, 5.41) is 0. The second kappa shape index (κ2) is 18.9. The van der Waals surface area contributed by atoms with E-state index in [1.807, 2.05) is 0 Å². The molecule has 1 aliphatic heterocycles. The van der Waals surface area contributed by atoms with Crippen LogP contribution in [-0.4, -0.2) is 17.6 Å². The molecule has 0 radical (unpaired) electrons. The predicted octanol–water partition coefficient (Wildman–Crippen LogP) is 10.1. The molecule has 0 bridgehead atoms. The van der Waals surface area contributed by atoms with Gasteiger partial charge in [0.05, 0.1) is 0 Å². The first-order chi connectivity index (χ1) is 16.4. The van der Waals surface area contributed by atoms with Crippen LogP contribution in [0.15, 0.2) is 42.7 Å². The van der Waals surface area contributed by atoms with Crippen molar-refractivity contribution in [3.05, 3.63) is 42.7 Å². The van der Waals surface area contributed by atoms with E-state index in [1.165, 1.54) is 134 Å². The van der Waals surface area contributed by atoms with Crippen molar-refractivity contribution < 1.29 is 0 Å². The van der Waals surface area contributed by atoms with Gasteiger partial charge in [0.25, 0.3) is 0 Å². The first-order valence-electron chi connectivity index (χ1n) is 14.6. The molecule has 1 aliphatic rings. The Kier molecular flexibility index (Phi) is 15.9. The summed E-state index contributed by atoms with van der Waals surface area (Å²) in [7, 11) is 0. The Balaban J connectivity index is 1.67. The standard InChI is InChI=1S/C31H54N2/c1-3-5-7-9-11-13-14-15-17-22-26-31-32(27-23-18-16-12-10-8-6-4-2)28-29-33(31)30-24-20-19-21-25-30/h19-21,24-25,28-29,31H,3-18,22-23,26-27H2,1-2H3. The van der Waals surface area contributed by atoms with E-state index in [1.54, 1.807) is 0 Å². The van der Waals surface area contributed by atoms with Gasteiger partial charge in [0.1, 0.15) is 6.17 Å². The Morgan fingerprint density at radius 3 is 1.58 bits per heavy atom. The molecule has 0 saturated heterocycles. The van der Waals surface area contributed by atoms with Gasteiger partial charge in [-0.1, -0.05) is 135 Å². The van der Waals surface area contributed by atoms with Crippen molar-refractivity contribution in [3.63, 3.8) is 0 Å². The molecule has 2 rings (SSSR count). The van der Waals surface area contributed by atoms with Gasteiger partial charge in [-0.3, -0.25) is 0 Å². The molecule has 1 aromatic carbocycles. The summed E-state index contributed by atoms with van der Waals surface area (Å²) in [5.41, 5.74) is 1.34. The molecule has 0 aliphatic carbocycles. The molecule has 0 amide bonds. The Morgan fingerprint density at radius 1 is 0.545 bits per heavy atom. The van der Waals surface area contributed by atoms with Crippen LogP contribution in [-0.2, 0) is 0 Å². The van der Waals surface area contributed by atoms with Crippen LogP contribution in [0.2, 0.25) is 0 Å². The number of hydrogen-bond donors (Lipinski definition) is 0. The number of para-hydroxylation sites is 1. The summed E-state index contributed by atoms with van der Waals surface area (Å²) in [4.78, 5) is 5.14. The van der Waals surface area contributed by atoms with Crippen molar-refractivity contribution in [3.8, 4) is 0 Å². The molecule has 0 fully saturated rings. The highest BCUT2D eigenvalue weighted by atomic mass is 15.4. The van der Waals surface area contributed by atoms with Gasteiger partial charge in [0, 0.05) is 24.6 Å². The first kappa shape index (κ1) is 27.8. The molecule has 188 valence electrons. The zero-order chi connectivity index (χ0) is 23.4. The van der Waals surface area contributed by atoms with E-state index < -0.39 is 0 Å². The maximum atomic E-state index is 2.62. The summed E-state index contributed by atoms with van der Waals surface area (Å²) in [5.74, 6) is 0. The molecule has 0 N–H and O–H groups in total. The lowest BCUT2D eigenvalue weighted by molar-refractivity contribution is 0.273. The normalized spacial score (nSPS) is 15.6. The first-order valence-corrected chi connectivity index (χ1v) is 14.6. The van der Waals surface area contributed by atoms with Crippen molar-refractivity contribution in [2.45, 2.75) is 142 Å². The van der Waals surface area contributed by atoms with Gasteiger partial charge >= 0.3 is 0 Å². The molecule has 0 aromatic heterocycles. The fourth-order valence-corrected chi connectivity index (χ4v) is 5.15. The Morgan fingerprint density at radius 2 is 1.03 bits per heavy atom. The molecule has 1 aromatic rings. The van der Waals surface area contributed by atoms with E-state index in [0.29, 0.717) is 6.17 Å². The van der Waals surface area contributed by atoms with Crippen molar-refractivity contribution in [2.24, 2.45) is 0 Å². The topological polar surface area (TPSA) is 6.48 Å². The predicted molar refractivity (Wildman–Crippen MR) is 148 cm³/mol. The quantitative estimate of drug-likeness (QED) is 0.170. The average Bonchev–Trinajstić information content (AvgIpc) is 3.25. The van der Waals surface area contributed by atoms with Crippen LogP contribution in [0.25, 0.3) is 0 Å². The largest absolute Gasteiger partial charge is 0.356 e. The van der Waals surface area contributed by atoms with E-state index in [9.17, 15) is 0 Å². The molecule has 2 nitrogen and oxygen atoms in total. The van der Waals surface area contributed by atoms with E-state index in [4.69, 9.17) is 0 Å². The van der Waals surface area contributed by atoms with Crippen LogP contribution >= 0.6 is 0 Å². The molecule has 1 unspecified atom stereocenters. The molecule has 1 heterocycles. The number of hydrogen-bond acceptors (Lipinski definition) is 2. The van der Waals surface area contributed by atoms with Crippen molar-refractivity contribution in [1.82, 2.24) is 4.90 Å². The van der Waals surface area contributed by atoms with Crippen LogP contribution in [0.5, 0.6) is 0 Å². The van der Waals surface area contributed by atoms with Crippen molar-refractivity contribution in [1.29, 1.82) is 0 Å². The third kappa shape index (κ3) is 12.0. The van der Waals surface area contributed by atoms with Gasteiger partial charge in [-0.25, -0.2) is 0 Å². The molecule has 33 heavy (non-hydrogen) atoms. The molecule has 0 saturated carbocycles. The smallest absolute Gasteiger partial charge is 0.105 e. The Bertz CT molecular complexity index is 582. The number of nitrogens with zero attached hydrogens (tertiary/aromatic N) is 2. The number of anilines is 1. The summed E-state index contributed by atoms with van der Waals surface area (Å²) < 4.78 is 0. The number of benzene rings is 1. The molecular formula is C31H54N2. The van der Waals surface area contributed by atoms with Crippen LogP contribution in [0.4, 0.5) is 5.69 Å². The highest BCUT2D eigenvalue weighted by molar-refractivity contribution is 5.51. The van der Waals surface area contributed by atoms with E-state index in [0.717, 1.165) is 0 Å². The van der Waals surface area contributed by atoms with Gasteiger partial charge in [0.2, 0.25) is 0 Å². The summed E-state index contributed by atoms with van der Waals surface area (Å²) >= 11 is 0. The van der Waals surface area contributed by atoms with Crippen LogP contribution in [0.1, 0.15) is 136 Å².